The van der Waals surface area contributed by atoms with Gasteiger partial charge in [0.15, 0.2) is 5.78 Å². The SMILES string of the molecule is COC[C@H]1CCCN1C(=O)Cc1csc(C(C)=O)c1. The normalized spacial score (nSPS) is 18.8. The molecule has 0 radical (unpaired) electrons. The topological polar surface area (TPSA) is 46.6 Å². The maximum Gasteiger partial charge on any atom is 0.227 e. The van der Waals surface area contributed by atoms with Gasteiger partial charge < -0.3 is 9.64 Å². The minimum absolute atomic E-state index is 0.0575. The molecule has 0 unspecified atom stereocenters. The summed E-state index contributed by atoms with van der Waals surface area (Å²) in [5, 5.41) is 1.90. The second-order valence-electron chi connectivity index (χ2n) is 4.89. The Hall–Kier alpha value is -1.20. The molecular formula is C14H19NO3S. The van der Waals surface area contributed by atoms with Crippen molar-refractivity contribution in [2.45, 2.75) is 32.2 Å². The number of hydrogen-bond acceptors (Lipinski definition) is 4. The third-order valence-electron chi connectivity index (χ3n) is 3.41. The highest BCUT2D eigenvalue weighted by atomic mass is 32.1. The second kappa shape index (κ2) is 6.30. The van der Waals surface area contributed by atoms with Crippen molar-refractivity contribution in [3.63, 3.8) is 0 Å². The number of Topliss-reactive ketones (excluding diaryl/α,β-unsaturated/α-hetero) is 1. The molecule has 0 bridgehead atoms. The van der Waals surface area contributed by atoms with E-state index in [4.69, 9.17) is 4.74 Å². The molecule has 1 saturated heterocycles. The van der Waals surface area contributed by atoms with Gasteiger partial charge >= 0.3 is 0 Å². The smallest absolute Gasteiger partial charge is 0.227 e. The molecule has 5 heteroatoms. The predicted molar refractivity (Wildman–Crippen MR) is 74.6 cm³/mol. The molecule has 4 nitrogen and oxygen atoms in total. The minimum atomic E-state index is 0.0575. The molecule has 2 rings (SSSR count). The van der Waals surface area contributed by atoms with Crippen LogP contribution >= 0.6 is 11.3 Å². The summed E-state index contributed by atoms with van der Waals surface area (Å²) in [7, 11) is 1.67. The zero-order chi connectivity index (χ0) is 13.8. The number of likely N-dealkylation sites (tertiary alicyclic amines) is 1. The average Bonchev–Trinajstić information content (AvgIpc) is 2.98. The summed E-state index contributed by atoms with van der Waals surface area (Å²) in [6, 6.07) is 2.04. The molecule has 1 aliphatic heterocycles. The van der Waals surface area contributed by atoms with Crippen LogP contribution in [0.15, 0.2) is 11.4 Å². The zero-order valence-corrected chi connectivity index (χ0v) is 12.2. The van der Waals surface area contributed by atoms with Gasteiger partial charge in [-0.3, -0.25) is 9.59 Å². The highest BCUT2D eigenvalue weighted by Gasteiger charge is 2.28. The summed E-state index contributed by atoms with van der Waals surface area (Å²) >= 11 is 1.41. The van der Waals surface area contributed by atoms with Crippen LogP contribution in [-0.4, -0.2) is 42.9 Å². The third-order valence-corrected chi connectivity index (χ3v) is 4.49. The number of nitrogens with zero attached hydrogens (tertiary/aromatic N) is 1. The lowest BCUT2D eigenvalue weighted by molar-refractivity contribution is -0.132. The van der Waals surface area contributed by atoms with Gasteiger partial charge in [-0.25, -0.2) is 0 Å². The number of carbonyl (C=O) groups excluding carboxylic acids is 2. The first kappa shape index (κ1) is 14.2. The number of thiophene rings is 1. The van der Waals surface area contributed by atoms with Crippen molar-refractivity contribution in [1.82, 2.24) is 4.90 Å². The highest BCUT2D eigenvalue weighted by molar-refractivity contribution is 7.12. The monoisotopic (exact) mass is 281 g/mol. The summed E-state index contributed by atoms with van der Waals surface area (Å²) in [6.07, 6.45) is 2.44. The summed E-state index contributed by atoms with van der Waals surface area (Å²) in [5.74, 6) is 0.189. The standard InChI is InChI=1S/C14H19NO3S/c1-10(16)13-6-11(9-19-13)7-14(17)15-5-3-4-12(15)8-18-2/h6,9,12H,3-5,7-8H2,1-2H3/t12-/m1/s1. The molecule has 1 fully saturated rings. The molecule has 0 aromatic carbocycles. The van der Waals surface area contributed by atoms with Gasteiger partial charge in [-0.15, -0.1) is 11.3 Å². The van der Waals surface area contributed by atoms with Crippen molar-refractivity contribution in [2.24, 2.45) is 0 Å². The van der Waals surface area contributed by atoms with E-state index in [2.05, 4.69) is 0 Å². The molecule has 0 aliphatic carbocycles. The van der Waals surface area contributed by atoms with Crippen LogP contribution in [0.5, 0.6) is 0 Å². The van der Waals surface area contributed by atoms with E-state index in [1.54, 1.807) is 14.0 Å². The highest BCUT2D eigenvalue weighted by Crippen LogP contribution is 2.21. The Labute approximate surface area is 117 Å². The Morgan fingerprint density at radius 2 is 2.32 bits per heavy atom. The lowest BCUT2D eigenvalue weighted by atomic mass is 10.2. The molecule has 0 N–H and O–H groups in total. The number of amides is 1. The largest absolute Gasteiger partial charge is 0.383 e. The maximum atomic E-state index is 12.3. The van der Waals surface area contributed by atoms with Gasteiger partial charge in [-0.05, 0) is 36.8 Å². The number of ether oxygens (including phenoxy) is 1. The lowest BCUT2D eigenvalue weighted by Crippen LogP contribution is -2.38. The predicted octanol–water partition coefficient (Wildman–Crippen LogP) is 2.13. The molecule has 0 spiro atoms. The molecule has 1 amide bonds. The molecule has 1 aromatic heterocycles. The van der Waals surface area contributed by atoms with Crippen molar-refractivity contribution in [1.29, 1.82) is 0 Å². The first-order chi connectivity index (χ1) is 9.11. The van der Waals surface area contributed by atoms with Crippen LogP contribution in [-0.2, 0) is 16.0 Å². The van der Waals surface area contributed by atoms with Crippen molar-refractivity contribution in [3.05, 3.63) is 21.9 Å². The van der Waals surface area contributed by atoms with E-state index in [0.717, 1.165) is 29.8 Å². The van der Waals surface area contributed by atoms with Gasteiger partial charge in [0, 0.05) is 13.7 Å². The van der Waals surface area contributed by atoms with Gasteiger partial charge in [0.25, 0.3) is 0 Å². The minimum Gasteiger partial charge on any atom is -0.383 e. The van der Waals surface area contributed by atoms with Crippen LogP contribution < -0.4 is 0 Å². The third kappa shape index (κ3) is 3.42. The van der Waals surface area contributed by atoms with Crippen molar-refractivity contribution in [3.8, 4) is 0 Å². The van der Waals surface area contributed by atoms with Gasteiger partial charge in [0.2, 0.25) is 5.91 Å². The number of ketones is 1. The number of methoxy groups -OCH3 is 1. The Kier molecular flexibility index (Phi) is 4.71. The summed E-state index contributed by atoms with van der Waals surface area (Å²) in [5.41, 5.74) is 0.934. The summed E-state index contributed by atoms with van der Waals surface area (Å²) in [6.45, 7) is 2.97. The van der Waals surface area contributed by atoms with Crippen LogP contribution in [0, 0.1) is 0 Å². The van der Waals surface area contributed by atoms with Crippen molar-refractivity contribution < 1.29 is 14.3 Å². The zero-order valence-electron chi connectivity index (χ0n) is 11.3. The second-order valence-corrected chi connectivity index (χ2v) is 5.80. The number of hydrogen-bond donors (Lipinski definition) is 0. The average molecular weight is 281 g/mol. The molecular weight excluding hydrogens is 262 g/mol. The van der Waals surface area contributed by atoms with Crippen LogP contribution in [0.25, 0.3) is 0 Å². The van der Waals surface area contributed by atoms with Gasteiger partial charge in [-0.2, -0.15) is 0 Å². The quantitative estimate of drug-likeness (QED) is 0.777. The van der Waals surface area contributed by atoms with Gasteiger partial charge in [0.05, 0.1) is 23.9 Å². The maximum absolute atomic E-state index is 12.3. The molecule has 104 valence electrons. The van der Waals surface area contributed by atoms with E-state index in [0.29, 0.717) is 13.0 Å². The van der Waals surface area contributed by atoms with Crippen molar-refractivity contribution in [2.75, 3.05) is 20.3 Å². The number of carbonyl (C=O) groups is 2. The lowest BCUT2D eigenvalue weighted by Gasteiger charge is -2.23. The summed E-state index contributed by atoms with van der Waals surface area (Å²) in [4.78, 5) is 26.1. The molecule has 1 atom stereocenters. The van der Waals surface area contributed by atoms with Crippen LogP contribution in [0.1, 0.15) is 35.0 Å². The van der Waals surface area contributed by atoms with E-state index >= 15 is 0 Å². The van der Waals surface area contributed by atoms with Crippen molar-refractivity contribution >= 4 is 23.0 Å². The Morgan fingerprint density at radius 1 is 1.53 bits per heavy atom. The first-order valence-electron chi connectivity index (χ1n) is 6.48. The van der Waals surface area contributed by atoms with E-state index < -0.39 is 0 Å². The number of rotatable bonds is 5. The molecule has 0 saturated carbocycles. The Bertz CT molecular complexity index is 469. The van der Waals surface area contributed by atoms with E-state index in [1.807, 2.05) is 16.3 Å². The first-order valence-corrected chi connectivity index (χ1v) is 7.36. The molecule has 19 heavy (non-hydrogen) atoms. The van der Waals surface area contributed by atoms with E-state index in [9.17, 15) is 9.59 Å². The van der Waals surface area contributed by atoms with E-state index in [-0.39, 0.29) is 17.7 Å². The van der Waals surface area contributed by atoms with Crippen LogP contribution in [0.3, 0.4) is 0 Å². The summed E-state index contributed by atoms with van der Waals surface area (Å²) < 4.78 is 5.16. The van der Waals surface area contributed by atoms with Crippen LogP contribution in [0.2, 0.25) is 0 Å². The fourth-order valence-corrected chi connectivity index (χ4v) is 3.27. The fraction of sp³-hybridized carbons (Fsp3) is 0.571. The van der Waals surface area contributed by atoms with Gasteiger partial charge in [-0.1, -0.05) is 0 Å². The molecule has 1 aromatic rings. The van der Waals surface area contributed by atoms with Crippen LogP contribution in [0.4, 0.5) is 0 Å². The Balaban J connectivity index is 1.97. The van der Waals surface area contributed by atoms with E-state index in [1.165, 1.54) is 11.3 Å². The van der Waals surface area contributed by atoms with Gasteiger partial charge in [0.1, 0.15) is 0 Å². The Morgan fingerprint density at radius 3 is 2.95 bits per heavy atom. The fourth-order valence-electron chi connectivity index (χ4n) is 2.46. The molecule has 1 aliphatic rings. The molecule has 2 heterocycles.